The van der Waals surface area contributed by atoms with E-state index < -0.39 is 15.6 Å². The summed E-state index contributed by atoms with van der Waals surface area (Å²) in [7, 11) is 6.98. The maximum absolute atomic E-state index is 2.38. The Balaban J connectivity index is 1.65. The molecule has 75 valence electrons. The van der Waals surface area contributed by atoms with Crippen LogP contribution in [0.4, 0.5) is 0 Å². The van der Waals surface area contributed by atoms with Crippen molar-refractivity contribution in [2.24, 2.45) is 0 Å². The summed E-state index contributed by atoms with van der Waals surface area (Å²) >= 11 is 3.25. The first kappa shape index (κ1) is 12.0. The molecule has 2 atom stereocenters. The molecule has 0 amide bonds. The van der Waals surface area contributed by atoms with Crippen molar-refractivity contribution >= 4 is 66.0 Å². The topological polar surface area (TPSA) is 0 Å². The van der Waals surface area contributed by atoms with Crippen molar-refractivity contribution in [2.45, 2.75) is 22.0 Å². The van der Waals surface area contributed by atoms with Gasteiger partial charge in [-0.1, -0.05) is 0 Å². The fourth-order valence-electron chi connectivity index (χ4n) is 0.953. The van der Waals surface area contributed by atoms with Crippen LogP contribution in [-0.4, -0.2) is 42.5 Å². The zero-order valence-electron chi connectivity index (χ0n) is 7.52. The first-order chi connectivity index (χ1) is 6.38. The van der Waals surface area contributed by atoms with E-state index in [9.17, 15) is 0 Å². The van der Waals surface area contributed by atoms with Crippen molar-refractivity contribution in [1.29, 1.82) is 0 Å². The molecule has 6 heteroatoms. The zero-order chi connectivity index (χ0) is 9.10. The van der Waals surface area contributed by atoms with Crippen LogP contribution in [0.3, 0.4) is 0 Å². The Morgan fingerprint density at radius 3 is 1.77 bits per heavy atom. The molecule has 0 spiro atoms. The molecular formula is C7H13S5Sn. The van der Waals surface area contributed by atoms with Crippen LogP contribution in [0.15, 0.2) is 0 Å². The van der Waals surface area contributed by atoms with Crippen molar-refractivity contribution in [3.05, 3.63) is 0 Å². The molecule has 0 aromatic heterocycles. The van der Waals surface area contributed by atoms with Gasteiger partial charge in [-0.3, -0.25) is 0 Å². The van der Waals surface area contributed by atoms with Crippen LogP contribution in [0.5, 0.6) is 0 Å². The second-order valence-corrected chi connectivity index (χ2v) is 30.5. The molecule has 2 aliphatic heterocycles. The van der Waals surface area contributed by atoms with E-state index in [1.165, 1.54) is 24.3 Å². The molecule has 0 N–H and O–H groups in total. The average Bonchev–Trinajstić information content (AvgIpc) is 1.98. The third-order valence-corrected chi connectivity index (χ3v) is 35.6. The van der Waals surface area contributed by atoms with Gasteiger partial charge in [0.25, 0.3) is 0 Å². The van der Waals surface area contributed by atoms with Gasteiger partial charge in [-0.05, 0) is 0 Å². The van der Waals surface area contributed by atoms with E-state index in [1.54, 1.807) is 0 Å². The number of hydrogen-bond acceptors (Lipinski definition) is 5. The monoisotopic (exact) mass is 377 g/mol. The third-order valence-electron chi connectivity index (χ3n) is 1.94. The Hall–Kier alpha value is 2.55. The molecule has 2 saturated heterocycles. The van der Waals surface area contributed by atoms with E-state index in [0.717, 1.165) is 9.16 Å². The number of rotatable bonds is 5. The maximum atomic E-state index is 2.38. The van der Waals surface area contributed by atoms with Crippen LogP contribution in [0.2, 0.25) is 0 Å². The molecule has 2 heterocycles. The molecule has 0 aromatic rings. The number of hydrogen-bond donors (Lipinski definition) is 0. The van der Waals surface area contributed by atoms with E-state index in [-0.39, 0.29) is 0 Å². The first-order valence-corrected chi connectivity index (χ1v) is 19.9. The molecule has 2 rings (SSSR count). The van der Waals surface area contributed by atoms with Gasteiger partial charge >= 0.3 is 106 Å². The predicted octanol–water partition coefficient (Wildman–Crippen LogP) is 3.73. The predicted molar refractivity (Wildman–Crippen MR) is 76.2 cm³/mol. The van der Waals surface area contributed by atoms with Gasteiger partial charge < -0.3 is 0 Å². The molecule has 2 unspecified atom stereocenters. The van der Waals surface area contributed by atoms with Crippen LogP contribution >= 0.6 is 50.4 Å². The van der Waals surface area contributed by atoms with E-state index >= 15 is 0 Å². The van der Waals surface area contributed by atoms with Gasteiger partial charge in [0.2, 0.25) is 0 Å². The molecule has 13 heavy (non-hydrogen) atoms. The SMILES string of the molecule is C[S][Sn]([S]C1CCS1)[S]C1CCS1. The quantitative estimate of drug-likeness (QED) is 0.669. The van der Waals surface area contributed by atoms with Crippen LogP contribution < -0.4 is 0 Å². The average molecular weight is 376 g/mol. The van der Waals surface area contributed by atoms with E-state index in [4.69, 9.17) is 0 Å². The summed E-state index contributed by atoms with van der Waals surface area (Å²) in [5.74, 6) is 2.84. The van der Waals surface area contributed by atoms with Gasteiger partial charge in [0, 0.05) is 0 Å². The molecular weight excluding hydrogens is 363 g/mol. The Bertz CT molecular complexity index is 143. The summed E-state index contributed by atoms with van der Waals surface area (Å²) in [6.07, 6.45) is 5.30. The van der Waals surface area contributed by atoms with Crippen LogP contribution in [0.25, 0.3) is 0 Å². The van der Waals surface area contributed by atoms with Gasteiger partial charge in [-0.15, -0.1) is 0 Å². The summed E-state index contributed by atoms with van der Waals surface area (Å²) in [5.41, 5.74) is 0. The molecule has 0 nitrogen and oxygen atoms in total. The summed E-state index contributed by atoms with van der Waals surface area (Å²) in [4.78, 5) is 0. The Kier molecular flexibility index (Phi) is 5.85. The van der Waals surface area contributed by atoms with Crippen LogP contribution in [0.1, 0.15) is 12.8 Å². The summed E-state index contributed by atoms with van der Waals surface area (Å²) in [5, 5.41) is 0. The molecule has 2 fully saturated rings. The normalized spacial score (nSPS) is 32.8. The molecule has 0 saturated carbocycles. The summed E-state index contributed by atoms with van der Waals surface area (Å²) in [6, 6.07) is 0. The zero-order valence-corrected chi connectivity index (χ0v) is 14.5. The van der Waals surface area contributed by atoms with E-state index in [1.807, 2.05) is 0 Å². The van der Waals surface area contributed by atoms with Gasteiger partial charge in [0.05, 0.1) is 0 Å². The second-order valence-electron chi connectivity index (χ2n) is 2.87. The van der Waals surface area contributed by atoms with Gasteiger partial charge in [-0.2, -0.15) is 0 Å². The van der Waals surface area contributed by atoms with Crippen molar-refractivity contribution in [1.82, 2.24) is 0 Å². The van der Waals surface area contributed by atoms with Gasteiger partial charge in [0.1, 0.15) is 0 Å². The van der Waals surface area contributed by atoms with E-state index in [2.05, 4.69) is 56.6 Å². The fourth-order valence-corrected chi connectivity index (χ4v) is 38.9. The fraction of sp³-hybridized carbons (Fsp3) is 1.00. The molecule has 0 aromatic carbocycles. The summed E-state index contributed by atoms with van der Waals surface area (Å²) < 4.78 is 2.00. The Morgan fingerprint density at radius 1 is 1.08 bits per heavy atom. The van der Waals surface area contributed by atoms with Crippen LogP contribution in [-0.2, 0) is 0 Å². The third kappa shape index (κ3) is 3.80. The van der Waals surface area contributed by atoms with Crippen molar-refractivity contribution in [3.63, 3.8) is 0 Å². The van der Waals surface area contributed by atoms with Crippen molar-refractivity contribution < 1.29 is 0 Å². The van der Waals surface area contributed by atoms with Crippen molar-refractivity contribution in [2.75, 3.05) is 17.8 Å². The molecule has 0 bridgehead atoms. The van der Waals surface area contributed by atoms with Crippen molar-refractivity contribution in [3.8, 4) is 0 Å². The van der Waals surface area contributed by atoms with Gasteiger partial charge in [-0.25, -0.2) is 0 Å². The Morgan fingerprint density at radius 2 is 1.54 bits per heavy atom. The standard InChI is InChI=1S/2C3H6S2.CH4S.Sn/c2*4-3-1-2-5-3;1-2;/h2*3-4H,1-2H2;2H,1H3;/q;;;+3/p-3. The molecule has 1 radical (unpaired) electrons. The molecule has 2 aliphatic rings. The van der Waals surface area contributed by atoms with Crippen LogP contribution in [0, 0.1) is 0 Å². The van der Waals surface area contributed by atoms with E-state index in [0.29, 0.717) is 0 Å². The van der Waals surface area contributed by atoms with Gasteiger partial charge in [0.15, 0.2) is 0 Å². The molecule has 0 aliphatic carbocycles. The Labute approximate surface area is 104 Å². The first-order valence-electron chi connectivity index (χ1n) is 4.36. The number of thioether (sulfide) groups is 2. The minimum atomic E-state index is -1.11. The summed E-state index contributed by atoms with van der Waals surface area (Å²) in [6.45, 7) is 0. The minimum absolute atomic E-state index is 0.999. The second kappa shape index (κ2) is 6.32.